The molecule has 0 radical (unpaired) electrons. The standard InChI is InChI=1S/C12H19F3N4O2S/c1-8(7-22(5,20)21)19(4)11-16-9(12(13,14)15)6-10(17-11)18(2)3/h6,8H,7H2,1-5H3. The lowest BCUT2D eigenvalue weighted by atomic mass is 10.3. The van der Waals surface area contributed by atoms with Crippen LogP contribution in [0.25, 0.3) is 0 Å². The maximum atomic E-state index is 12.9. The molecule has 1 aromatic rings. The number of alkyl halides is 3. The molecule has 6 nitrogen and oxygen atoms in total. The van der Waals surface area contributed by atoms with E-state index >= 15 is 0 Å². The highest BCUT2D eigenvalue weighted by molar-refractivity contribution is 7.90. The van der Waals surface area contributed by atoms with Gasteiger partial charge >= 0.3 is 6.18 Å². The quantitative estimate of drug-likeness (QED) is 0.808. The number of hydrogen-bond acceptors (Lipinski definition) is 6. The summed E-state index contributed by atoms with van der Waals surface area (Å²) in [6, 6.07) is 0.284. The van der Waals surface area contributed by atoms with Crippen molar-refractivity contribution < 1.29 is 21.6 Å². The van der Waals surface area contributed by atoms with Gasteiger partial charge in [0, 0.05) is 39.5 Å². The summed E-state index contributed by atoms with van der Waals surface area (Å²) in [5.74, 6) is -0.286. The summed E-state index contributed by atoms with van der Waals surface area (Å²) in [4.78, 5) is 10.3. The van der Waals surface area contributed by atoms with Gasteiger partial charge in [-0.1, -0.05) is 0 Å². The van der Waals surface area contributed by atoms with Gasteiger partial charge in [0.25, 0.3) is 0 Å². The highest BCUT2D eigenvalue weighted by Gasteiger charge is 2.34. The van der Waals surface area contributed by atoms with Crippen LogP contribution in [0, 0.1) is 0 Å². The summed E-state index contributed by atoms with van der Waals surface area (Å²) < 4.78 is 61.4. The first-order chi connectivity index (χ1) is 9.81. The molecule has 1 unspecified atom stereocenters. The van der Waals surface area contributed by atoms with Crippen molar-refractivity contribution in [3.05, 3.63) is 11.8 Å². The molecule has 0 saturated carbocycles. The van der Waals surface area contributed by atoms with Crippen LogP contribution >= 0.6 is 0 Å². The second-order valence-electron chi connectivity index (χ2n) is 5.36. The van der Waals surface area contributed by atoms with Crippen LogP contribution in [0.3, 0.4) is 0 Å². The lowest BCUT2D eigenvalue weighted by Gasteiger charge is -2.26. The number of aromatic nitrogens is 2. The Hall–Kier alpha value is -1.58. The van der Waals surface area contributed by atoms with Gasteiger partial charge in [0.05, 0.1) is 5.75 Å². The van der Waals surface area contributed by atoms with Crippen LogP contribution in [0.5, 0.6) is 0 Å². The molecule has 0 spiro atoms. The van der Waals surface area contributed by atoms with Crippen molar-refractivity contribution in [2.24, 2.45) is 0 Å². The Morgan fingerprint density at radius 3 is 2.18 bits per heavy atom. The highest BCUT2D eigenvalue weighted by atomic mass is 32.2. The first kappa shape index (κ1) is 18.5. The van der Waals surface area contributed by atoms with Gasteiger partial charge in [-0.3, -0.25) is 0 Å². The second kappa shape index (κ2) is 6.27. The summed E-state index contributed by atoms with van der Waals surface area (Å²) in [6.45, 7) is 1.58. The van der Waals surface area contributed by atoms with Crippen LogP contribution in [0.4, 0.5) is 24.9 Å². The molecular weight excluding hydrogens is 321 g/mol. The fraction of sp³-hybridized carbons (Fsp3) is 0.667. The van der Waals surface area contributed by atoms with Crippen LogP contribution in [-0.2, 0) is 16.0 Å². The zero-order chi connectivity index (χ0) is 17.3. The Labute approximate surface area is 127 Å². The predicted molar refractivity (Wildman–Crippen MR) is 78.9 cm³/mol. The van der Waals surface area contributed by atoms with Crippen LogP contribution in [0.2, 0.25) is 0 Å². The van der Waals surface area contributed by atoms with Crippen molar-refractivity contribution in [1.82, 2.24) is 9.97 Å². The summed E-state index contributed by atoms with van der Waals surface area (Å²) in [6.07, 6.45) is -3.54. The summed E-state index contributed by atoms with van der Waals surface area (Å²) in [5, 5.41) is 0. The molecule has 0 aliphatic carbocycles. The van der Waals surface area contributed by atoms with Gasteiger partial charge in [-0.15, -0.1) is 0 Å². The van der Waals surface area contributed by atoms with Crippen molar-refractivity contribution in [3.8, 4) is 0 Å². The Bertz CT molecular complexity index is 632. The Morgan fingerprint density at radius 2 is 1.77 bits per heavy atom. The molecule has 0 N–H and O–H groups in total. The molecule has 1 atom stereocenters. The van der Waals surface area contributed by atoms with Crippen molar-refractivity contribution >= 4 is 21.6 Å². The van der Waals surface area contributed by atoms with Gasteiger partial charge in [0.15, 0.2) is 5.69 Å². The minimum Gasteiger partial charge on any atom is -0.363 e. The van der Waals surface area contributed by atoms with Crippen LogP contribution in [0.15, 0.2) is 6.07 Å². The number of nitrogens with zero attached hydrogens (tertiary/aromatic N) is 4. The summed E-state index contributed by atoms with van der Waals surface area (Å²) >= 11 is 0. The average molecular weight is 340 g/mol. The van der Waals surface area contributed by atoms with E-state index in [0.717, 1.165) is 12.3 Å². The van der Waals surface area contributed by atoms with Crippen LogP contribution in [0.1, 0.15) is 12.6 Å². The summed E-state index contributed by atoms with van der Waals surface area (Å²) in [7, 11) is 1.32. The smallest absolute Gasteiger partial charge is 0.363 e. The zero-order valence-electron chi connectivity index (χ0n) is 13.0. The Balaban J connectivity index is 3.25. The van der Waals surface area contributed by atoms with Gasteiger partial charge in [-0.05, 0) is 6.92 Å². The largest absolute Gasteiger partial charge is 0.433 e. The molecule has 0 fully saturated rings. The first-order valence-electron chi connectivity index (χ1n) is 6.35. The highest BCUT2D eigenvalue weighted by Crippen LogP contribution is 2.31. The maximum Gasteiger partial charge on any atom is 0.433 e. The predicted octanol–water partition coefficient (Wildman–Crippen LogP) is 1.43. The van der Waals surface area contributed by atoms with Crippen molar-refractivity contribution in [2.45, 2.75) is 19.1 Å². The minimum absolute atomic E-state index is 0.0933. The van der Waals surface area contributed by atoms with Crippen LogP contribution < -0.4 is 9.80 Å². The zero-order valence-corrected chi connectivity index (χ0v) is 13.8. The molecule has 10 heteroatoms. The van der Waals surface area contributed by atoms with Crippen molar-refractivity contribution in [1.29, 1.82) is 0 Å². The van der Waals surface area contributed by atoms with Gasteiger partial charge in [-0.2, -0.15) is 18.2 Å². The number of halogens is 3. The van der Waals surface area contributed by atoms with Gasteiger partial charge in [-0.25, -0.2) is 13.4 Å². The van der Waals surface area contributed by atoms with E-state index in [1.165, 1.54) is 16.8 Å². The molecule has 0 aromatic carbocycles. The Kier molecular flexibility index (Phi) is 5.26. The monoisotopic (exact) mass is 340 g/mol. The van der Waals surface area contributed by atoms with Crippen molar-refractivity contribution in [2.75, 3.05) is 43.0 Å². The lowest BCUT2D eigenvalue weighted by molar-refractivity contribution is -0.141. The molecule has 0 saturated heterocycles. The molecule has 1 rings (SSSR count). The van der Waals surface area contributed by atoms with E-state index in [9.17, 15) is 21.6 Å². The topological polar surface area (TPSA) is 66.4 Å². The van der Waals surface area contributed by atoms with E-state index in [0.29, 0.717) is 0 Å². The van der Waals surface area contributed by atoms with Gasteiger partial charge in [0.1, 0.15) is 15.7 Å². The molecule has 22 heavy (non-hydrogen) atoms. The molecule has 0 amide bonds. The second-order valence-corrected chi connectivity index (χ2v) is 7.54. The molecule has 1 aromatic heterocycles. The van der Waals surface area contributed by atoms with E-state index in [1.807, 2.05) is 0 Å². The third-order valence-electron chi connectivity index (χ3n) is 2.97. The average Bonchev–Trinajstić information content (AvgIpc) is 2.34. The lowest BCUT2D eigenvalue weighted by Crippen LogP contribution is -2.36. The number of sulfone groups is 1. The van der Waals surface area contributed by atoms with Crippen LogP contribution in [-0.4, -0.2) is 57.6 Å². The maximum absolute atomic E-state index is 12.9. The number of hydrogen-bond donors (Lipinski definition) is 0. The first-order valence-corrected chi connectivity index (χ1v) is 8.41. The fourth-order valence-electron chi connectivity index (χ4n) is 1.70. The van der Waals surface area contributed by atoms with E-state index in [-0.39, 0.29) is 17.5 Å². The van der Waals surface area contributed by atoms with E-state index in [4.69, 9.17) is 0 Å². The summed E-state index contributed by atoms with van der Waals surface area (Å²) in [5.41, 5.74) is -1.07. The molecule has 126 valence electrons. The molecule has 0 aliphatic rings. The van der Waals surface area contributed by atoms with Gasteiger partial charge in [0.2, 0.25) is 5.95 Å². The number of anilines is 2. The van der Waals surface area contributed by atoms with E-state index in [2.05, 4.69) is 9.97 Å². The van der Waals surface area contributed by atoms with E-state index < -0.39 is 27.7 Å². The SMILES string of the molecule is CC(CS(C)(=O)=O)N(C)c1nc(N(C)C)cc(C(F)(F)F)n1. The Morgan fingerprint density at radius 1 is 1.23 bits per heavy atom. The molecule has 0 aliphatic heterocycles. The minimum atomic E-state index is -4.61. The third kappa shape index (κ3) is 5.00. The molecule has 1 heterocycles. The third-order valence-corrected chi connectivity index (χ3v) is 4.06. The van der Waals surface area contributed by atoms with Crippen molar-refractivity contribution in [3.63, 3.8) is 0 Å². The fourth-order valence-corrected chi connectivity index (χ4v) is 2.80. The van der Waals surface area contributed by atoms with E-state index in [1.54, 1.807) is 21.0 Å². The number of rotatable bonds is 5. The van der Waals surface area contributed by atoms with Gasteiger partial charge < -0.3 is 9.80 Å². The molecular formula is C12H19F3N4O2S. The molecule has 0 bridgehead atoms. The normalized spacial score (nSPS) is 13.8.